The summed E-state index contributed by atoms with van der Waals surface area (Å²) in [5, 5.41) is 9.77. The molecule has 1 saturated heterocycles. The van der Waals surface area contributed by atoms with Crippen LogP contribution in [0.5, 0.6) is 0 Å². The van der Waals surface area contributed by atoms with Crippen molar-refractivity contribution in [1.29, 1.82) is 0 Å². The number of hydrogen-bond donors (Lipinski definition) is 1. The molecule has 1 aliphatic carbocycles. The Balaban J connectivity index is 1.57. The number of anilines is 1. The molecule has 0 bridgehead atoms. The number of aliphatic carboxylic acids is 1. The average molecular weight is 336 g/mol. The lowest BCUT2D eigenvalue weighted by molar-refractivity contribution is -0.138. The SMILES string of the molecule is Cc1cc(Cl)cc(N2CCC3(CCC(CC(=O)O)CC3)CC2)c1. The molecule has 1 aromatic carbocycles. The number of aryl methyl sites for hydroxylation is 1. The van der Waals surface area contributed by atoms with Crippen LogP contribution in [-0.4, -0.2) is 24.2 Å². The molecule has 0 radical (unpaired) electrons. The molecule has 3 rings (SSSR count). The van der Waals surface area contributed by atoms with Gasteiger partial charge in [-0.15, -0.1) is 0 Å². The van der Waals surface area contributed by atoms with Crippen molar-refractivity contribution in [3.8, 4) is 0 Å². The first kappa shape index (κ1) is 16.6. The van der Waals surface area contributed by atoms with Crippen molar-refractivity contribution in [3.63, 3.8) is 0 Å². The fourth-order valence-corrected chi connectivity index (χ4v) is 4.66. The van der Waals surface area contributed by atoms with Crippen LogP contribution in [0, 0.1) is 18.3 Å². The first-order chi connectivity index (χ1) is 11.0. The van der Waals surface area contributed by atoms with Gasteiger partial charge in [-0.1, -0.05) is 11.6 Å². The third-order valence-electron chi connectivity index (χ3n) is 5.85. The predicted octanol–water partition coefficient (Wildman–Crippen LogP) is 4.90. The average Bonchev–Trinajstić information content (AvgIpc) is 2.49. The highest BCUT2D eigenvalue weighted by molar-refractivity contribution is 6.30. The first-order valence-corrected chi connectivity index (χ1v) is 9.08. The Bertz CT molecular complexity index is 548. The monoisotopic (exact) mass is 335 g/mol. The van der Waals surface area contributed by atoms with Gasteiger partial charge in [0.05, 0.1) is 0 Å². The standard InChI is InChI=1S/C19H26ClNO2/c1-14-10-16(20)13-17(11-14)21-8-6-19(7-9-21)4-2-15(3-5-19)12-18(22)23/h10-11,13,15H,2-9,12H2,1H3,(H,22,23). The minimum atomic E-state index is -0.642. The molecule has 2 fully saturated rings. The van der Waals surface area contributed by atoms with Crippen LogP contribution in [0.4, 0.5) is 5.69 Å². The van der Waals surface area contributed by atoms with Crippen molar-refractivity contribution < 1.29 is 9.90 Å². The van der Waals surface area contributed by atoms with Gasteiger partial charge in [-0.25, -0.2) is 0 Å². The van der Waals surface area contributed by atoms with Crippen molar-refractivity contribution in [2.24, 2.45) is 11.3 Å². The number of carboxylic acid groups (broad SMARTS) is 1. The Morgan fingerprint density at radius 2 is 1.87 bits per heavy atom. The smallest absolute Gasteiger partial charge is 0.303 e. The van der Waals surface area contributed by atoms with Crippen LogP contribution in [0.25, 0.3) is 0 Å². The summed E-state index contributed by atoms with van der Waals surface area (Å²) >= 11 is 6.19. The molecule has 0 aromatic heterocycles. The zero-order valence-electron chi connectivity index (χ0n) is 13.9. The zero-order valence-corrected chi connectivity index (χ0v) is 14.6. The molecule has 3 nitrogen and oxygen atoms in total. The summed E-state index contributed by atoms with van der Waals surface area (Å²) in [6.45, 7) is 4.26. The van der Waals surface area contributed by atoms with E-state index < -0.39 is 5.97 Å². The summed E-state index contributed by atoms with van der Waals surface area (Å²) in [5.41, 5.74) is 2.91. The Hall–Kier alpha value is -1.22. The largest absolute Gasteiger partial charge is 0.481 e. The lowest BCUT2D eigenvalue weighted by Crippen LogP contribution is -2.42. The van der Waals surface area contributed by atoms with Crippen molar-refractivity contribution in [2.75, 3.05) is 18.0 Å². The van der Waals surface area contributed by atoms with Gasteiger partial charge >= 0.3 is 5.97 Å². The van der Waals surface area contributed by atoms with E-state index in [0.717, 1.165) is 31.0 Å². The fourth-order valence-electron chi connectivity index (χ4n) is 4.38. The highest BCUT2D eigenvalue weighted by atomic mass is 35.5. The predicted molar refractivity (Wildman–Crippen MR) is 94.3 cm³/mol. The number of carbonyl (C=O) groups is 1. The molecule has 0 amide bonds. The molecule has 1 spiro atoms. The summed E-state index contributed by atoms with van der Waals surface area (Å²) in [5.74, 6) is -0.246. The van der Waals surface area contributed by atoms with Gasteiger partial charge in [0, 0.05) is 30.2 Å². The van der Waals surface area contributed by atoms with Crippen LogP contribution in [0.1, 0.15) is 50.5 Å². The number of halogens is 1. The summed E-state index contributed by atoms with van der Waals surface area (Å²) in [6.07, 6.45) is 7.37. The summed E-state index contributed by atoms with van der Waals surface area (Å²) in [6, 6.07) is 6.28. The molecule has 0 unspecified atom stereocenters. The number of carboxylic acids is 1. The molecular formula is C19H26ClNO2. The lowest BCUT2D eigenvalue weighted by atomic mass is 9.65. The van der Waals surface area contributed by atoms with Gasteiger partial charge in [0.1, 0.15) is 0 Å². The van der Waals surface area contributed by atoms with Crippen molar-refractivity contribution >= 4 is 23.3 Å². The van der Waals surface area contributed by atoms with Gasteiger partial charge in [-0.2, -0.15) is 0 Å². The summed E-state index contributed by atoms with van der Waals surface area (Å²) in [7, 11) is 0. The van der Waals surface area contributed by atoms with Crippen LogP contribution >= 0.6 is 11.6 Å². The van der Waals surface area contributed by atoms with Gasteiger partial charge in [0.2, 0.25) is 0 Å². The van der Waals surface area contributed by atoms with Crippen molar-refractivity contribution in [2.45, 2.75) is 51.9 Å². The maximum atomic E-state index is 10.9. The highest BCUT2D eigenvalue weighted by Gasteiger charge is 2.38. The van der Waals surface area contributed by atoms with Crippen LogP contribution in [0.3, 0.4) is 0 Å². The maximum Gasteiger partial charge on any atom is 0.303 e. The molecule has 2 aliphatic rings. The Kier molecular flexibility index (Phi) is 4.86. The van der Waals surface area contributed by atoms with E-state index in [2.05, 4.69) is 24.0 Å². The molecule has 1 N–H and O–H groups in total. The quantitative estimate of drug-likeness (QED) is 0.854. The molecule has 126 valence electrons. The van der Waals surface area contributed by atoms with E-state index in [0.29, 0.717) is 17.8 Å². The third-order valence-corrected chi connectivity index (χ3v) is 6.06. The number of rotatable bonds is 3. The third kappa shape index (κ3) is 4.00. The van der Waals surface area contributed by atoms with E-state index in [1.54, 1.807) is 0 Å². The van der Waals surface area contributed by atoms with Gasteiger partial charge in [-0.05, 0) is 80.5 Å². The van der Waals surface area contributed by atoms with E-state index in [9.17, 15) is 4.79 Å². The Labute approximate surface area is 143 Å². The van der Waals surface area contributed by atoms with Gasteiger partial charge in [-0.3, -0.25) is 4.79 Å². The van der Waals surface area contributed by atoms with Crippen LogP contribution < -0.4 is 4.90 Å². The van der Waals surface area contributed by atoms with Crippen LogP contribution in [0.15, 0.2) is 18.2 Å². The Morgan fingerprint density at radius 3 is 2.43 bits per heavy atom. The number of piperidine rings is 1. The second-order valence-corrected chi connectivity index (χ2v) is 7.95. The summed E-state index contributed by atoms with van der Waals surface area (Å²) < 4.78 is 0. The number of nitrogens with zero attached hydrogens (tertiary/aromatic N) is 1. The molecule has 0 atom stereocenters. The minimum Gasteiger partial charge on any atom is -0.481 e. The molecule has 1 aliphatic heterocycles. The first-order valence-electron chi connectivity index (χ1n) is 8.70. The number of hydrogen-bond acceptors (Lipinski definition) is 2. The summed E-state index contributed by atoms with van der Waals surface area (Å²) in [4.78, 5) is 13.3. The van der Waals surface area contributed by atoms with E-state index in [1.807, 2.05) is 6.07 Å². The van der Waals surface area contributed by atoms with Gasteiger partial charge in [0.25, 0.3) is 0 Å². The zero-order chi connectivity index (χ0) is 16.4. The molecular weight excluding hydrogens is 310 g/mol. The second kappa shape index (κ2) is 6.72. The van der Waals surface area contributed by atoms with E-state index in [-0.39, 0.29) is 0 Å². The highest BCUT2D eigenvalue weighted by Crippen LogP contribution is 2.47. The van der Waals surface area contributed by atoms with Crippen LogP contribution in [-0.2, 0) is 4.79 Å². The van der Waals surface area contributed by atoms with Gasteiger partial charge in [0.15, 0.2) is 0 Å². The van der Waals surface area contributed by atoms with E-state index >= 15 is 0 Å². The maximum absolute atomic E-state index is 10.9. The van der Waals surface area contributed by atoms with Crippen molar-refractivity contribution in [3.05, 3.63) is 28.8 Å². The van der Waals surface area contributed by atoms with Crippen LogP contribution in [0.2, 0.25) is 5.02 Å². The normalized spacial score (nSPS) is 21.6. The van der Waals surface area contributed by atoms with Gasteiger partial charge < -0.3 is 10.0 Å². The molecule has 4 heteroatoms. The molecule has 1 heterocycles. The molecule has 23 heavy (non-hydrogen) atoms. The lowest BCUT2D eigenvalue weighted by Gasteiger charge is -2.46. The minimum absolute atomic E-state index is 0.351. The second-order valence-electron chi connectivity index (χ2n) is 7.52. The molecule has 1 aromatic rings. The fraction of sp³-hybridized carbons (Fsp3) is 0.632. The Morgan fingerprint density at radius 1 is 1.22 bits per heavy atom. The van der Waals surface area contributed by atoms with E-state index in [1.165, 1.54) is 36.9 Å². The van der Waals surface area contributed by atoms with Crippen molar-refractivity contribution in [1.82, 2.24) is 0 Å². The molecule has 1 saturated carbocycles. The van der Waals surface area contributed by atoms with E-state index in [4.69, 9.17) is 16.7 Å². The number of benzene rings is 1. The topological polar surface area (TPSA) is 40.5 Å².